The second-order valence-electron chi connectivity index (χ2n) is 7.90. The first-order valence-electron chi connectivity index (χ1n) is 10.2. The molecule has 0 radical (unpaired) electrons. The van der Waals surface area contributed by atoms with Crippen LogP contribution >= 0.6 is 0 Å². The molecular formula is C21H23F3N4O3. The number of carbonyl (C=O) groups is 1. The first-order valence-corrected chi connectivity index (χ1v) is 10.2. The zero-order valence-corrected chi connectivity index (χ0v) is 17.2. The molecule has 31 heavy (non-hydrogen) atoms. The summed E-state index contributed by atoms with van der Waals surface area (Å²) in [6.07, 6.45) is -1.32. The van der Waals surface area contributed by atoms with Gasteiger partial charge >= 0.3 is 12.2 Å². The van der Waals surface area contributed by atoms with Crippen LogP contribution < -0.4 is 9.47 Å². The van der Waals surface area contributed by atoms with Gasteiger partial charge in [-0.25, -0.2) is 15.0 Å². The summed E-state index contributed by atoms with van der Waals surface area (Å²) in [5.41, 5.74) is 0.0277. The Hall–Kier alpha value is -2.91. The third kappa shape index (κ3) is 4.72. The van der Waals surface area contributed by atoms with Crippen LogP contribution in [-0.4, -0.2) is 51.6 Å². The monoisotopic (exact) mass is 436 g/mol. The van der Waals surface area contributed by atoms with Gasteiger partial charge in [-0.2, -0.15) is 13.2 Å². The fourth-order valence-electron chi connectivity index (χ4n) is 3.92. The first kappa shape index (κ1) is 21.3. The number of amides is 1. The van der Waals surface area contributed by atoms with Gasteiger partial charge in [0.15, 0.2) is 11.4 Å². The Morgan fingerprint density at radius 3 is 2.58 bits per heavy atom. The lowest BCUT2D eigenvalue weighted by Crippen LogP contribution is -2.48. The molecule has 0 spiro atoms. The molecule has 2 fully saturated rings. The maximum absolute atomic E-state index is 13.4. The zero-order valence-electron chi connectivity index (χ0n) is 17.2. The standard InChI is InChI=1S/C21H23F3N4O3/c1-3-30-17-5-4-12(2)27-18(17)19(29)28-10-14-6-13(14)7-16(28)11-31-20-25-8-15(9-26-20)21(22,23)24/h4-5,8-9,13-14,16H,3,6-7,10-11H2,1-2H3/t13-,14+,16?/m1/s1. The third-order valence-corrected chi connectivity index (χ3v) is 5.64. The highest BCUT2D eigenvalue weighted by Crippen LogP contribution is 2.47. The minimum atomic E-state index is -4.51. The summed E-state index contributed by atoms with van der Waals surface area (Å²) in [5.74, 6) is 1.19. The summed E-state index contributed by atoms with van der Waals surface area (Å²) in [4.78, 5) is 26.8. The Labute approximate surface area is 177 Å². The maximum Gasteiger partial charge on any atom is 0.419 e. The number of rotatable bonds is 6. The molecule has 2 aliphatic rings. The van der Waals surface area contributed by atoms with E-state index < -0.39 is 11.7 Å². The van der Waals surface area contributed by atoms with E-state index in [9.17, 15) is 18.0 Å². The molecule has 2 aromatic heterocycles. The van der Waals surface area contributed by atoms with Crippen LogP contribution in [-0.2, 0) is 6.18 Å². The van der Waals surface area contributed by atoms with Crippen molar-refractivity contribution in [2.45, 2.75) is 38.9 Å². The van der Waals surface area contributed by atoms with Crippen molar-refractivity contribution in [2.75, 3.05) is 19.8 Å². The van der Waals surface area contributed by atoms with Gasteiger partial charge in [-0.15, -0.1) is 0 Å². The molecular weight excluding hydrogens is 413 g/mol. The van der Waals surface area contributed by atoms with E-state index in [1.165, 1.54) is 0 Å². The van der Waals surface area contributed by atoms with Gasteiger partial charge in [0.1, 0.15) is 6.61 Å². The molecule has 1 amide bonds. The van der Waals surface area contributed by atoms with Crippen molar-refractivity contribution in [3.63, 3.8) is 0 Å². The molecule has 1 saturated heterocycles. The van der Waals surface area contributed by atoms with Crippen molar-refractivity contribution < 1.29 is 27.4 Å². The fraction of sp³-hybridized carbons (Fsp3) is 0.524. The third-order valence-electron chi connectivity index (χ3n) is 5.64. The number of hydrogen-bond acceptors (Lipinski definition) is 6. The van der Waals surface area contributed by atoms with Crippen molar-refractivity contribution in [2.24, 2.45) is 11.8 Å². The van der Waals surface area contributed by atoms with Crippen molar-refractivity contribution in [1.29, 1.82) is 0 Å². The molecule has 4 rings (SSSR count). The Bertz CT molecular complexity index is 952. The van der Waals surface area contributed by atoms with Crippen molar-refractivity contribution >= 4 is 5.91 Å². The van der Waals surface area contributed by atoms with Gasteiger partial charge in [0.25, 0.3) is 5.91 Å². The zero-order chi connectivity index (χ0) is 22.2. The smallest absolute Gasteiger partial charge is 0.419 e. The molecule has 0 aromatic carbocycles. The number of aromatic nitrogens is 3. The summed E-state index contributed by atoms with van der Waals surface area (Å²) < 4.78 is 49.2. The van der Waals surface area contributed by atoms with E-state index in [-0.39, 0.29) is 30.3 Å². The Balaban J connectivity index is 1.49. The highest BCUT2D eigenvalue weighted by Gasteiger charge is 2.48. The van der Waals surface area contributed by atoms with Crippen LogP contribution in [0.5, 0.6) is 11.8 Å². The maximum atomic E-state index is 13.4. The lowest BCUT2D eigenvalue weighted by atomic mass is 10.0. The van der Waals surface area contributed by atoms with Crippen LogP contribution in [0.3, 0.4) is 0 Å². The van der Waals surface area contributed by atoms with Gasteiger partial charge in [0.2, 0.25) is 0 Å². The summed E-state index contributed by atoms with van der Waals surface area (Å²) in [7, 11) is 0. The molecule has 3 atom stereocenters. The molecule has 1 aliphatic carbocycles. The summed E-state index contributed by atoms with van der Waals surface area (Å²) in [6.45, 7) is 4.74. The molecule has 2 aromatic rings. The van der Waals surface area contributed by atoms with Crippen molar-refractivity contribution in [3.05, 3.63) is 41.5 Å². The number of alkyl halides is 3. The lowest BCUT2D eigenvalue weighted by molar-refractivity contribution is -0.138. The predicted molar refractivity (Wildman–Crippen MR) is 104 cm³/mol. The molecule has 1 aliphatic heterocycles. The second kappa shape index (κ2) is 8.32. The van der Waals surface area contributed by atoms with Crippen LogP contribution in [0.15, 0.2) is 24.5 Å². The Kier molecular flexibility index (Phi) is 5.72. The van der Waals surface area contributed by atoms with Gasteiger partial charge in [0, 0.05) is 24.6 Å². The minimum absolute atomic E-state index is 0.0934. The van der Waals surface area contributed by atoms with Gasteiger partial charge in [0.05, 0.1) is 18.2 Å². The van der Waals surface area contributed by atoms with Crippen LogP contribution in [0.1, 0.15) is 41.5 Å². The van der Waals surface area contributed by atoms with Gasteiger partial charge in [-0.1, -0.05) is 0 Å². The molecule has 1 unspecified atom stereocenters. The second-order valence-corrected chi connectivity index (χ2v) is 7.90. The number of carbonyl (C=O) groups excluding carboxylic acids is 1. The van der Waals surface area contributed by atoms with Crippen LogP contribution in [0, 0.1) is 18.8 Å². The number of piperidine rings is 1. The highest BCUT2D eigenvalue weighted by molar-refractivity contribution is 5.95. The van der Waals surface area contributed by atoms with E-state index in [0.717, 1.165) is 12.8 Å². The molecule has 166 valence electrons. The molecule has 10 heteroatoms. The van der Waals surface area contributed by atoms with E-state index in [4.69, 9.17) is 9.47 Å². The van der Waals surface area contributed by atoms with Crippen LogP contribution in [0.25, 0.3) is 0 Å². The van der Waals surface area contributed by atoms with Crippen molar-refractivity contribution in [1.82, 2.24) is 19.9 Å². The topological polar surface area (TPSA) is 77.4 Å². The molecule has 1 saturated carbocycles. The lowest BCUT2D eigenvalue weighted by Gasteiger charge is -2.35. The number of ether oxygens (including phenoxy) is 2. The molecule has 3 heterocycles. The van der Waals surface area contributed by atoms with E-state index in [1.54, 1.807) is 17.0 Å². The average Bonchev–Trinajstić information content (AvgIpc) is 3.50. The Morgan fingerprint density at radius 1 is 1.16 bits per heavy atom. The number of halogens is 3. The van der Waals surface area contributed by atoms with E-state index in [1.807, 2.05) is 13.8 Å². The average molecular weight is 436 g/mol. The van der Waals surface area contributed by atoms with Gasteiger partial charge < -0.3 is 14.4 Å². The van der Waals surface area contributed by atoms with E-state index in [2.05, 4.69) is 15.0 Å². The number of nitrogens with zero attached hydrogens (tertiary/aromatic N) is 4. The van der Waals surface area contributed by atoms with Gasteiger partial charge in [-0.05, 0) is 50.7 Å². The Morgan fingerprint density at radius 2 is 1.90 bits per heavy atom. The summed E-state index contributed by atoms with van der Waals surface area (Å²) in [5, 5.41) is 0. The number of pyridine rings is 1. The molecule has 0 bridgehead atoms. The molecule has 7 nitrogen and oxygen atoms in total. The first-order chi connectivity index (χ1) is 14.8. The SMILES string of the molecule is CCOc1ccc(C)nc1C(=O)N1C[C@@H]2C[C@@H]2CC1COc1ncc(C(F)(F)F)cn1. The van der Waals surface area contributed by atoms with Gasteiger partial charge in [-0.3, -0.25) is 4.79 Å². The normalized spacial score (nSPS) is 22.6. The number of fused-ring (bicyclic) bond motifs is 1. The predicted octanol–water partition coefficient (Wildman–Crippen LogP) is 3.53. The number of likely N-dealkylation sites (tertiary alicyclic amines) is 1. The fourth-order valence-corrected chi connectivity index (χ4v) is 3.92. The number of hydrogen-bond donors (Lipinski definition) is 0. The van der Waals surface area contributed by atoms with Crippen LogP contribution in [0.4, 0.5) is 13.2 Å². The largest absolute Gasteiger partial charge is 0.491 e. The number of aryl methyl sites for hydroxylation is 1. The minimum Gasteiger partial charge on any atom is -0.491 e. The highest BCUT2D eigenvalue weighted by atomic mass is 19.4. The van der Waals surface area contributed by atoms with E-state index >= 15 is 0 Å². The van der Waals surface area contributed by atoms with E-state index in [0.29, 0.717) is 48.8 Å². The summed E-state index contributed by atoms with van der Waals surface area (Å²) in [6, 6.07) is 3.13. The molecule has 0 N–H and O–H groups in total. The summed E-state index contributed by atoms with van der Waals surface area (Å²) >= 11 is 0. The quantitative estimate of drug-likeness (QED) is 0.690. The van der Waals surface area contributed by atoms with Crippen molar-refractivity contribution in [3.8, 4) is 11.8 Å². The van der Waals surface area contributed by atoms with Crippen LogP contribution in [0.2, 0.25) is 0 Å².